The van der Waals surface area contributed by atoms with Crippen LogP contribution >= 0.6 is 0 Å². The van der Waals surface area contributed by atoms with Crippen LogP contribution in [0.15, 0.2) is 30.3 Å². The number of sulfone groups is 1. The van der Waals surface area contributed by atoms with Crippen LogP contribution in [-0.2, 0) is 39.5 Å². The molecule has 0 aromatic heterocycles. The lowest BCUT2D eigenvalue weighted by atomic mass is 10.0. The standard InChI is InChI=1S/C26H37N3O7S/c1-19(30)28-14-11-22(12-15-28)27(2)24(31)16-21(18-37(34,35)17-20-8-5-4-6-9-20)25(32)29-13-7-10-23(29)26(33)36-3/h4-6,8-9,21-23H,7,10-18H2,1-3H3/t21-,23-/m0/s1. The van der Waals surface area contributed by atoms with Gasteiger partial charge in [0.05, 0.1) is 24.5 Å². The second-order valence-electron chi connectivity index (χ2n) is 9.90. The topological polar surface area (TPSA) is 121 Å². The first-order chi connectivity index (χ1) is 17.5. The minimum atomic E-state index is -3.74. The number of hydrogen-bond donors (Lipinski definition) is 0. The summed E-state index contributed by atoms with van der Waals surface area (Å²) in [5.74, 6) is -3.25. The van der Waals surface area contributed by atoms with Crippen LogP contribution in [0.1, 0.15) is 44.6 Å². The zero-order valence-electron chi connectivity index (χ0n) is 21.8. The predicted molar refractivity (Wildman–Crippen MR) is 137 cm³/mol. The second-order valence-corrected chi connectivity index (χ2v) is 12.0. The molecular formula is C26H37N3O7S. The zero-order chi connectivity index (χ0) is 27.2. The molecule has 0 bridgehead atoms. The highest BCUT2D eigenvalue weighted by Crippen LogP contribution is 2.25. The third kappa shape index (κ3) is 7.53. The zero-order valence-corrected chi connectivity index (χ0v) is 22.6. The molecule has 2 aliphatic heterocycles. The Morgan fingerprint density at radius 3 is 2.30 bits per heavy atom. The first-order valence-electron chi connectivity index (χ1n) is 12.7. The van der Waals surface area contributed by atoms with E-state index in [1.807, 2.05) is 0 Å². The number of amides is 3. The maximum absolute atomic E-state index is 13.6. The highest BCUT2D eigenvalue weighted by atomic mass is 32.2. The Morgan fingerprint density at radius 2 is 1.70 bits per heavy atom. The number of likely N-dealkylation sites (tertiary alicyclic amines) is 2. The fraction of sp³-hybridized carbons (Fsp3) is 0.615. The van der Waals surface area contributed by atoms with E-state index in [0.29, 0.717) is 50.9 Å². The third-order valence-corrected chi connectivity index (χ3v) is 9.00. The summed E-state index contributed by atoms with van der Waals surface area (Å²) in [7, 11) is -0.836. The van der Waals surface area contributed by atoms with Gasteiger partial charge in [0, 0.05) is 46.1 Å². The van der Waals surface area contributed by atoms with E-state index >= 15 is 0 Å². The molecule has 10 nitrogen and oxygen atoms in total. The van der Waals surface area contributed by atoms with Crippen molar-refractivity contribution in [2.45, 2.75) is 56.9 Å². The van der Waals surface area contributed by atoms with Crippen LogP contribution in [0.25, 0.3) is 0 Å². The number of methoxy groups -OCH3 is 1. The van der Waals surface area contributed by atoms with Crippen LogP contribution in [0.5, 0.6) is 0 Å². The number of rotatable bonds is 9. The van der Waals surface area contributed by atoms with E-state index in [1.54, 1.807) is 47.2 Å². The van der Waals surface area contributed by atoms with Gasteiger partial charge in [0.25, 0.3) is 0 Å². The average molecular weight is 536 g/mol. The van der Waals surface area contributed by atoms with Crippen molar-refractivity contribution in [2.24, 2.45) is 5.92 Å². The quantitative estimate of drug-likeness (QED) is 0.436. The molecular weight excluding hydrogens is 498 g/mol. The maximum Gasteiger partial charge on any atom is 0.328 e. The summed E-state index contributed by atoms with van der Waals surface area (Å²) in [4.78, 5) is 55.4. The van der Waals surface area contributed by atoms with Crippen molar-refractivity contribution < 1.29 is 32.3 Å². The molecule has 2 aliphatic rings. The van der Waals surface area contributed by atoms with Gasteiger partial charge in [0.1, 0.15) is 6.04 Å². The van der Waals surface area contributed by atoms with E-state index < -0.39 is 39.4 Å². The Hall–Kier alpha value is -2.95. The molecule has 0 unspecified atom stereocenters. The SMILES string of the molecule is COC(=O)[C@@H]1CCCN1C(=O)[C@@H](CC(=O)N(C)C1CCN(C(C)=O)CC1)CS(=O)(=O)Cc1ccccc1. The molecule has 1 aromatic carbocycles. The molecule has 3 amide bonds. The van der Waals surface area contributed by atoms with Crippen molar-refractivity contribution in [3.8, 4) is 0 Å². The molecule has 11 heteroatoms. The van der Waals surface area contributed by atoms with Gasteiger partial charge in [0.2, 0.25) is 17.7 Å². The number of piperidine rings is 1. The third-order valence-electron chi connectivity index (χ3n) is 7.31. The molecule has 0 aliphatic carbocycles. The molecule has 0 saturated carbocycles. The van der Waals surface area contributed by atoms with Gasteiger partial charge >= 0.3 is 5.97 Å². The van der Waals surface area contributed by atoms with E-state index in [2.05, 4.69) is 0 Å². The average Bonchev–Trinajstić information content (AvgIpc) is 3.37. The first-order valence-corrected chi connectivity index (χ1v) is 14.5. The maximum atomic E-state index is 13.6. The van der Waals surface area contributed by atoms with Gasteiger partial charge in [-0.05, 0) is 31.2 Å². The van der Waals surface area contributed by atoms with Gasteiger partial charge in [-0.2, -0.15) is 0 Å². The number of benzene rings is 1. The molecule has 204 valence electrons. The molecule has 0 spiro atoms. The van der Waals surface area contributed by atoms with Crippen LogP contribution in [0.3, 0.4) is 0 Å². The summed E-state index contributed by atoms with van der Waals surface area (Å²) in [5.41, 5.74) is 0.600. The number of hydrogen-bond acceptors (Lipinski definition) is 7. The molecule has 2 fully saturated rings. The van der Waals surface area contributed by atoms with E-state index in [4.69, 9.17) is 4.74 Å². The summed E-state index contributed by atoms with van der Waals surface area (Å²) < 4.78 is 31.1. The van der Waals surface area contributed by atoms with Gasteiger partial charge in [0.15, 0.2) is 9.84 Å². The first kappa shape index (κ1) is 28.6. The van der Waals surface area contributed by atoms with E-state index in [1.165, 1.54) is 18.9 Å². The van der Waals surface area contributed by atoms with Gasteiger partial charge in [-0.3, -0.25) is 14.4 Å². The molecule has 2 atom stereocenters. The van der Waals surface area contributed by atoms with Crippen molar-refractivity contribution in [3.05, 3.63) is 35.9 Å². The molecule has 3 rings (SSSR count). The lowest BCUT2D eigenvalue weighted by Gasteiger charge is -2.37. The lowest BCUT2D eigenvalue weighted by molar-refractivity contribution is -0.152. The molecule has 1 aromatic rings. The summed E-state index contributed by atoms with van der Waals surface area (Å²) in [6.07, 6.45) is 1.98. The Morgan fingerprint density at radius 1 is 1.05 bits per heavy atom. The highest BCUT2D eigenvalue weighted by molar-refractivity contribution is 7.90. The van der Waals surface area contributed by atoms with Crippen LogP contribution in [0.4, 0.5) is 0 Å². The number of carbonyl (C=O) groups excluding carboxylic acids is 4. The second kappa shape index (κ2) is 12.5. The monoisotopic (exact) mass is 535 g/mol. The molecule has 2 saturated heterocycles. The number of esters is 1. The van der Waals surface area contributed by atoms with Gasteiger partial charge in [-0.1, -0.05) is 30.3 Å². The summed E-state index contributed by atoms with van der Waals surface area (Å²) in [6, 6.07) is 7.81. The van der Waals surface area contributed by atoms with Gasteiger partial charge in [-0.15, -0.1) is 0 Å². The van der Waals surface area contributed by atoms with Gasteiger partial charge < -0.3 is 19.4 Å². The number of carbonyl (C=O) groups is 4. The normalized spacial score (nSPS) is 19.4. The largest absolute Gasteiger partial charge is 0.467 e. The summed E-state index contributed by atoms with van der Waals surface area (Å²) >= 11 is 0. The Kier molecular flexibility index (Phi) is 9.69. The minimum Gasteiger partial charge on any atom is -0.467 e. The van der Waals surface area contributed by atoms with Crippen molar-refractivity contribution in [3.63, 3.8) is 0 Å². The lowest BCUT2D eigenvalue weighted by Crippen LogP contribution is -2.49. The Bertz CT molecular complexity index is 1080. The molecule has 0 radical (unpaired) electrons. The van der Waals surface area contributed by atoms with Crippen LogP contribution < -0.4 is 0 Å². The number of ether oxygens (including phenoxy) is 1. The molecule has 2 heterocycles. The van der Waals surface area contributed by atoms with E-state index in [-0.39, 0.29) is 30.0 Å². The Labute approximate surface area is 218 Å². The fourth-order valence-electron chi connectivity index (χ4n) is 5.18. The van der Waals surface area contributed by atoms with Crippen LogP contribution in [0.2, 0.25) is 0 Å². The van der Waals surface area contributed by atoms with Crippen molar-refractivity contribution in [1.82, 2.24) is 14.7 Å². The van der Waals surface area contributed by atoms with Crippen molar-refractivity contribution in [1.29, 1.82) is 0 Å². The molecule has 37 heavy (non-hydrogen) atoms. The minimum absolute atomic E-state index is 0.00696. The highest BCUT2D eigenvalue weighted by Gasteiger charge is 2.40. The smallest absolute Gasteiger partial charge is 0.328 e. The summed E-state index contributed by atoms with van der Waals surface area (Å²) in [6.45, 7) is 2.91. The van der Waals surface area contributed by atoms with Crippen LogP contribution in [-0.4, -0.2) is 98.4 Å². The fourth-order valence-corrected chi connectivity index (χ4v) is 6.88. The molecule has 0 N–H and O–H groups in total. The van der Waals surface area contributed by atoms with Crippen molar-refractivity contribution in [2.75, 3.05) is 39.5 Å². The predicted octanol–water partition coefficient (Wildman–Crippen LogP) is 1.24. The number of nitrogens with zero attached hydrogens (tertiary/aromatic N) is 3. The van der Waals surface area contributed by atoms with Crippen LogP contribution in [0, 0.1) is 5.92 Å². The Balaban J connectivity index is 1.77. The van der Waals surface area contributed by atoms with E-state index in [9.17, 15) is 27.6 Å². The van der Waals surface area contributed by atoms with Gasteiger partial charge in [-0.25, -0.2) is 13.2 Å². The van der Waals surface area contributed by atoms with Crippen molar-refractivity contribution >= 4 is 33.5 Å². The van der Waals surface area contributed by atoms with E-state index in [0.717, 1.165) is 0 Å². The summed E-state index contributed by atoms with van der Waals surface area (Å²) in [5, 5.41) is 0.